The van der Waals surface area contributed by atoms with Gasteiger partial charge in [-0.05, 0) is 0 Å². The molecule has 1 aliphatic heterocycles. The molecule has 1 aliphatic rings. The highest BCUT2D eigenvalue weighted by molar-refractivity contribution is 7.73. The average Bonchev–Trinajstić information content (AvgIpc) is 3.12. The van der Waals surface area contributed by atoms with E-state index in [-0.39, 0.29) is 11.2 Å². The Labute approximate surface area is 175 Å². The first kappa shape index (κ1) is 25.1. The van der Waals surface area contributed by atoms with Crippen LogP contribution in [0.15, 0.2) is 15.9 Å². The summed E-state index contributed by atoms with van der Waals surface area (Å²) < 4.78 is 49.0. The number of nitrogens with one attached hydrogen (secondary N) is 2. The quantitative estimate of drug-likeness (QED) is 0.166. The predicted molar refractivity (Wildman–Crippen MR) is 100 cm³/mol. The molecule has 0 saturated carbocycles. The van der Waals surface area contributed by atoms with E-state index in [4.69, 9.17) is 14.5 Å². The van der Waals surface area contributed by atoms with Crippen LogP contribution in [0.3, 0.4) is 0 Å². The van der Waals surface area contributed by atoms with Gasteiger partial charge in [-0.15, -0.1) is 0 Å². The van der Waals surface area contributed by atoms with E-state index in [9.17, 15) is 43.3 Å². The number of rotatable bonds is 8. The molecule has 8 N–H and O–H groups in total. The number of imidazole rings is 1. The fourth-order valence-electron chi connectivity index (χ4n) is 2.85. The number of hydrogen-bond donors (Lipinski definition) is 8. The molecule has 0 amide bonds. The summed E-state index contributed by atoms with van der Waals surface area (Å²) in [7, 11) is -15.7. The molecule has 32 heavy (non-hydrogen) atoms. The Bertz CT molecular complexity index is 1260. The second-order valence-corrected chi connectivity index (χ2v) is 12.2. The molecule has 2 unspecified atom stereocenters. The van der Waals surface area contributed by atoms with Crippen LogP contribution in [0.5, 0.6) is 0 Å². The van der Waals surface area contributed by atoms with Gasteiger partial charge in [0.1, 0.15) is 24.0 Å². The first-order valence-electron chi connectivity index (χ1n) is 8.34. The summed E-state index contributed by atoms with van der Waals surface area (Å²) in [6.07, 6.45) is -5.41. The van der Waals surface area contributed by atoms with E-state index in [1.54, 1.807) is 0 Å². The second-order valence-electron chi connectivity index (χ2n) is 6.59. The second kappa shape index (κ2) is 8.68. The van der Waals surface area contributed by atoms with Gasteiger partial charge >= 0.3 is 28.7 Å². The molecule has 1 fully saturated rings. The number of aromatic nitrogens is 4. The summed E-state index contributed by atoms with van der Waals surface area (Å²) in [6.45, 7) is -0.984. The van der Waals surface area contributed by atoms with Gasteiger partial charge in [0.2, 0.25) is 0 Å². The first-order valence-corrected chi connectivity index (χ1v) is 13.4. The SMILES string of the molecule is O=c1[nH]c(=O)c2ncn([C@@H]3O[C@H](COP(=O)(O)OP(=O)(O)CP(=O)(O)O)[C@@H](O)[C@H]3O)c2[nH]1. The van der Waals surface area contributed by atoms with Gasteiger partial charge in [-0.2, -0.15) is 0 Å². The summed E-state index contributed by atoms with van der Waals surface area (Å²) in [5.74, 6) is -1.75. The molecule has 2 aromatic heterocycles. The Kier molecular flexibility index (Phi) is 6.81. The highest BCUT2D eigenvalue weighted by Gasteiger charge is 2.46. The molecule has 1 saturated heterocycles. The number of H-pyrrole nitrogens is 2. The number of phosphoric ester groups is 1. The summed E-state index contributed by atoms with van der Waals surface area (Å²) in [5.41, 5.74) is -2.10. The van der Waals surface area contributed by atoms with Gasteiger partial charge in [-0.1, -0.05) is 0 Å². The van der Waals surface area contributed by atoms with Crippen LogP contribution in [0.25, 0.3) is 11.2 Å². The zero-order chi connectivity index (χ0) is 24.1. The Morgan fingerprint density at radius 3 is 2.38 bits per heavy atom. The van der Waals surface area contributed by atoms with E-state index in [1.807, 2.05) is 4.98 Å². The van der Waals surface area contributed by atoms with Gasteiger partial charge in [0.15, 0.2) is 17.6 Å². The van der Waals surface area contributed by atoms with Crippen LogP contribution in [0.4, 0.5) is 0 Å². The first-order chi connectivity index (χ1) is 14.6. The molecule has 180 valence electrons. The summed E-state index contributed by atoms with van der Waals surface area (Å²) in [5, 5.41) is 20.4. The number of aliphatic hydroxyl groups is 2. The third-order valence-electron chi connectivity index (χ3n) is 4.07. The van der Waals surface area contributed by atoms with Crippen molar-refractivity contribution in [3.8, 4) is 0 Å². The molecule has 6 atom stereocenters. The Hall–Kier alpha value is -1.52. The highest BCUT2D eigenvalue weighted by atomic mass is 31.3. The molecule has 0 aliphatic carbocycles. The number of phosphoric acid groups is 1. The fraction of sp³-hybridized carbons (Fsp3) is 0.545. The standard InChI is InChI=1S/C11H17N4O14P3/c16-6-4(1-27-32(25,26)29-31(23,24)3-30(20,21)22)28-10(7(6)17)15-2-12-5-8(15)13-11(19)14-9(5)18/h2,4,6-7,10,16-17H,1,3H2,(H,23,24)(H,25,26)(H2,20,21,22)(H2,13,14,18,19)/t4-,6-,7-,10-/m1/s1. The molecule has 3 rings (SSSR count). The lowest BCUT2D eigenvalue weighted by molar-refractivity contribution is -0.0501. The monoisotopic (exact) mass is 522 g/mol. The van der Waals surface area contributed by atoms with Gasteiger partial charge in [0.25, 0.3) is 5.56 Å². The van der Waals surface area contributed by atoms with Crippen molar-refractivity contribution in [3.05, 3.63) is 27.2 Å². The maximum Gasteiger partial charge on any atom is 0.479 e. The van der Waals surface area contributed by atoms with E-state index in [0.717, 1.165) is 10.9 Å². The third-order valence-corrected chi connectivity index (χ3v) is 9.30. The lowest BCUT2D eigenvalue weighted by Crippen LogP contribution is -2.33. The number of ether oxygens (including phenoxy) is 1. The molecule has 18 nitrogen and oxygen atoms in total. The predicted octanol–water partition coefficient (Wildman–Crippen LogP) is -2.51. The zero-order valence-corrected chi connectivity index (χ0v) is 18.2. The van der Waals surface area contributed by atoms with Gasteiger partial charge in [0, 0.05) is 0 Å². The van der Waals surface area contributed by atoms with Gasteiger partial charge in [-0.3, -0.25) is 33.0 Å². The normalized spacial score (nSPS) is 27.9. The molecule has 0 aromatic carbocycles. The molecule has 0 radical (unpaired) electrons. The van der Waals surface area contributed by atoms with Crippen molar-refractivity contribution in [2.75, 3.05) is 12.5 Å². The molecule has 0 bridgehead atoms. The minimum absolute atomic E-state index is 0.161. The molecule has 3 heterocycles. The topological polar surface area (TPSA) is 284 Å². The van der Waals surface area contributed by atoms with Crippen molar-refractivity contribution in [1.82, 2.24) is 19.5 Å². The number of hydrogen-bond acceptors (Lipinski definition) is 11. The number of nitrogens with zero attached hydrogens (tertiary/aromatic N) is 2. The van der Waals surface area contributed by atoms with E-state index in [2.05, 4.69) is 18.8 Å². The Morgan fingerprint density at radius 2 is 1.75 bits per heavy atom. The lowest BCUT2D eigenvalue weighted by atomic mass is 10.1. The van der Waals surface area contributed by atoms with Crippen molar-refractivity contribution in [2.45, 2.75) is 24.5 Å². The van der Waals surface area contributed by atoms with Crippen molar-refractivity contribution in [2.24, 2.45) is 0 Å². The fourth-order valence-corrected chi connectivity index (χ4v) is 7.20. The molecular weight excluding hydrogens is 505 g/mol. The lowest BCUT2D eigenvalue weighted by Gasteiger charge is -2.19. The summed E-state index contributed by atoms with van der Waals surface area (Å²) in [4.78, 5) is 67.5. The van der Waals surface area contributed by atoms with Crippen molar-refractivity contribution >= 4 is 34.2 Å². The van der Waals surface area contributed by atoms with Crippen LogP contribution in [0.2, 0.25) is 0 Å². The Morgan fingerprint density at radius 1 is 1.09 bits per heavy atom. The average molecular weight is 522 g/mol. The minimum Gasteiger partial charge on any atom is -0.387 e. The van der Waals surface area contributed by atoms with E-state index < -0.39 is 71.3 Å². The maximum atomic E-state index is 11.9. The molecule has 0 spiro atoms. The number of aromatic amines is 2. The van der Waals surface area contributed by atoms with E-state index in [0.29, 0.717) is 0 Å². The van der Waals surface area contributed by atoms with Crippen molar-refractivity contribution in [1.29, 1.82) is 0 Å². The van der Waals surface area contributed by atoms with Crippen LogP contribution in [0.1, 0.15) is 6.23 Å². The van der Waals surface area contributed by atoms with Crippen LogP contribution >= 0.6 is 23.0 Å². The summed E-state index contributed by atoms with van der Waals surface area (Å²) >= 11 is 0. The maximum absolute atomic E-state index is 11.9. The molecular formula is C11H17N4O14P3. The van der Waals surface area contributed by atoms with Gasteiger partial charge < -0.3 is 34.5 Å². The number of fused-ring (bicyclic) bond motifs is 1. The van der Waals surface area contributed by atoms with Gasteiger partial charge in [0.05, 0.1) is 12.9 Å². The van der Waals surface area contributed by atoms with Crippen LogP contribution < -0.4 is 11.2 Å². The van der Waals surface area contributed by atoms with Gasteiger partial charge in [-0.25, -0.2) is 18.7 Å². The minimum atomic E-state index is -5.37. The van der Waals surface area contributed by atoms with Crippen molar-refractivity contribution in [3.63, 3.8) is 0 Å². The smallest absolute Gasteiger partial charge is 0.387 e. The number of aliphatic hydroxyl groups excluding tert-OH is 2. The zero-order valence-electron chi connectivity index (χ0n) is 15.5. The van der Waals surface area contributed by atoms with Crippen LogP contribution in [-0.4, -0.2) is 80.1 Å². The molecule has 2 aromatic rings. The van der Waals surface area contributed by atoms with E-state index >= 15 is 0 Å². The van der Waals surface area contributed by atoms with Crippen molar-refractivity contribution < 1.29 is 57.1 Å². The van der Waals surface area contributed by atoms with Crippen LogP contribution in [0, 0.1) is 0 Å². The Balaban J connectivity index is 1.73. The van der Waals surface area contributed by atoms with Crippen LogP contribution in [-0.2, 0) is 27.3 Å². The summed E-state index contributed by atoms with van der Waals surface area (Å²) in [6, 6.07) is 0. The third kappa shape index (κ3) is 5.69. The van der Waals surface area contributed by atoms with E-state index in [1.165, 1.54) is 0 Å². The highest BCUT2D eigenvalue weighted by Crippen LogP contribution is 2.65. The largest absolute Gasteiger partial charge is 0.479 e. The molecule has 21 heteroatoms.